The number of halogens is 1. The van der Waals surface area contributed by atoms with Gasteiger partial charge >= 0.3 is 0 Å². The van der Waals surface area contributed by atoms with Gasteiger partial charge in [0.25, 0.3) is 5.91 Å². The van der Waals surface area contributed by atoms with Gasteiger partial charge in [-0.05, 0) is 23.8 Å². The number of carbonyl (C=O) groups is 2. The molecule has 2 aromatic rings. The zero-order valence-corrected chi connectivity index (χ0v) is 13.4. The van der Waals surface area contributed by atoms with Crippen LogP contribution in [0.1, 0.15) is 15.9 Å². The Kier molecular flexibility index (Phi) is 4.67. The summed E-state index contributed by atoms with van der Waals surface area (Å²) < 4.78 is 0. The van der Waals surface area contributed by atoms with Gasteiger partial charge in [0.1, 0.15) is 0 Å². The number of rotatable bonds is 3. The number of nitrogens with zero attached hydrogens (tertiary/aromatic N) is 2. The van der Waals surface area contributed by atoms with Crippen molar-refractivity contribution in [3.63, 3.8) is 0 Å². The monoisotopic (exact) mass is 331 g/mol. The summed E-state index contributed by atoms with van der Waals surface area (Å²) in [6.07, 6.45) is 3.77. The third-order valence-corrected chi connectivity index (χ3v) is 4.24. The summed E-state index contributed by atoms with van der Waals surface area (Å²) in [5.74, 6) is 0.0780. The Bertz CT molecular complexity index is 692. The van der Waals surface area contributed by atoms with Gasteiger partial charge < -0.3 is 14.8 Å². The van der Waals surface area contributed by atoms with Crippen molar-refractivity contribution >= 4 is 23.4 Å². The fraction of sp³-hybridized carbons (Fsp3) is 0.294. The van der Waals surface area contributed by atoms with Crippen LogP contribution in [0.3, 0.4) is 0 Å². The number of aromatic amines is 1. The second-order valence-corrected chi connectivity index (χ2v) is 6.02. The third-order valence-electron chi connectivity index (χ3n) is 4.01. The largest absolute Gasteiger partial charge is 0.367 e. The predicted molar refractivity (Wildman–Crippen MR) is 88.4 cm³/mol. The topological polar surface area (TPSA) is 56.4 Å². The van der Waals surface area contributed by atoms with E-state index in [0.717, 1.165) is 5.56 Å². The van der Waals surface area contributed by atoms with Gasteiger partial charge in [-0.2, -0.15) is 0 Å². The first-order valence-corrected chi connectivity index (χ1v) is 7.95. The van der Waals surface area contributed by atoms with E-state index in [4.69, 9.17) is 11.6 Å². The summed E-state index contributed by atoms with van der Waals surface area (Å²) >= 11 is 5.95. The first-order chi connectivity index (χ1) is 11.1. The van der Waals surface area contributed by atoms with Crippen LogP contribution in [-0.2, 0) is 11.2 Å². The van der Waals surface area contributed by atoms with Crippen molar-refractivity contribution in [1.82, 2.24) is 14.8 Å². The maximum absolute atomic E-state index is 12.4. The van der Waals surface area contributed by atoms with E-state index < -0.39 is 0 Å². The van der Waals surface area contributed by atoms with E-state index in [2.05, 4.69) is 4.98 Å². The number of carbonyl (C=O) groups excluding carboxylic acids is 2. The van der Waals surface area contributed by atoms with Crippen LogP contribution < -0.4 is 0 Å². The van der Waals surface area contributed by atoms with Crippen LogP contribution in [0.5, 0.6) is 0 Å². The molecule has 3 rings (SSSR count). The number of hydrogen-bond donors (Lipinski definition) is 1. The zero-order valence-electron chi connectivity index (χ0n) is 12.7. The van der Waals surface area contributed by atoms with Crippen LogP contribution in [0.2, 0.25) is 5.02 Å². The number of H-pyrrole nitrogens is 1. The fourth-order valence-electron chi connectivity index (χ4n) is 2.73. The lowest BCUT2D eigenvalue weighted by Crippen LogP contribution is -2.50. The molecule has 0 saturated carbocycles. The molecule has 1 aliphatic heterocycles. The zero-order chi connectivity index (χ0) is 16.2. The van der Waals surface area contributed by atoms with E-state index in [9.17, 15) is 9.59 Å². The molecule has 5 nitrogen and oxygen atoms in total. The van der Waals surface area contributed by atoms with E-state index in [0.29, 0.717) is 43.2 Å². The van der Waals surface area contributed by atoms with Gasteiger partial charge in [0.15, 0.2) is 0 Å². The highest BCUT2D eigenvalue weighted by molar-refractivity contribution is 6.30. The maximum atomic E-state index is 12.4. The first-order valence-electron chi connectivity index (χ1n) is 7.58. The lowest BCUT2D eigenvalue weighted by Gasteiger charge is -2.34. The molecule has 0 spiro atoms. The molecule has 0 aliphatic carbocycles. The van der Waals surface area contributed by atoms with Crippen molar-refractivity contribution < 1.29 is 9.59 Å². The summed E-state index contributed by atoms with van der Waals surface area (Å²) in [5, 5.41) is 0.636. The maximum Gasteiger partial charge on any atom is 0.255 e. The molecule has 0 atom stereocenters. The standard InChI is InChI=1S/C17H18ClN3O2/c18-15-3-1-2-13(10-15)11-16(22)20-6-8-21(9-7-20)17(23)14-4-5-19-12-14/h1-5,10,12,19H,6-9,11H2. The number of aromatic nitrogens is 1. The van der Waals surface area contributed by atoms with E-state index in [1.807, 2.05) is 23.1 Å². The molecule has 0 bridgehead atoms. The Labute approximate surface area is 139 Å². The molecule has 1 aromatic carbocycles. The average molecular weight is 332 g/mol. The van der Waals surface area contributed by atoms with Crippen molar-refractivity contribution in [3.8, 4) is 0 Å². The van der Waals surface area contributed by atoms with E-state index in [1.165, 1.54) is 0 Å². The van der Waals surface area contributed by atoms with Gasteiger partial charge in [0.05, 0.1) is 12.0 Å². The number of amides is 2. The quantitative estimate of drug-likeness (QED) is 0.937. The number of piperazine rings is 1. The van der Waals surface area contributed by atoms with Crippen molar-refractivity contribution in [3.05, 3.63) is 58.9 Å². The molecule has 1 aliphatic rings. The molecule has 0 unspecified atom stereocenters. The van der Waals surface area contributed by atoms with Crippen LogP contribution in [0, 0.1) is 0 Å². The lowest BCUT2D eigenvalue weighted by molar-refractivity contribution is -0.131. The van der Waals surface area contributed by atoms with Gasteiger partial charge in [-0.15, -0.1) is 0 Å². The fourth-order valence-corrected chi connectivity index (χ4v) is 2.94. The predicted octanol–water partition coefficient (Wildman–Crippen LogP) is 2.20. The lowest BCUT2D eigenvalue weighted by atomic mass is 10.1. The summed E-state index contributed by atoms with van der Waals surface area (Å²) in [6.45, 7) is 2.25. The average Bonchev–Trinajstić information content (AvgIpc) is 3.09. The number of nitrogens with one attached hydrogen (secondary N) is 1. The SMILES string of the molecule is O=C(Cc1cccc(Cl)c1)N1CCN(C(=O)c2cc[nH]c2)CC1. The van der Waals surface area contributed by atoms with E-state index in [1.54, 1.807) is 29.4 Å². The molecule has 1 saturated heterocycles. The Morgan fingerprint density at radius 3 is 2.48 bits per heavy atom. The molecule has 1 fully saturated rings. The molecular formula is C17H18ClN3O2. The van der Waals surface area contributed by atoms with Gasteiger partial charge in [0.2, 0.25) is 5.91 Å². The van der Waals surface area contributed by atoms with Gasteiger partial charge in [0, 0.05) is 43.6 Å². The van der Waals surface area contributed by atoms with Crippen LogP contribution in [0.4, 0.5) is 0 Å². The smallest absolute Gasteiger partial charge is 0.255 e. The summed E-state index contributed by atoms with van der Waals surface area (Å²) in [7, 11) is 0. The number of benzene rings is 1. The highest BCUT2D eigenvalue weighted by atomic mass is 35.5. The Morgan fingerprint density at radius 1 is 1.09 bits per heavy atom. The number of hydrogen-bond acceptors (Lipinski definition) is 2. The van der Waals surface area contributed by atoms with Gasteiger partial charge in [-0.1, -0.05) is 23.7 Å². The van der Waals surface area contributed by atoms with E-state index in [-0.39, 0.29) is 11.8 Å². The highest BCUT2D eigenvalue weighted by Crippen LogP contribution is 2.13. The Morgan fingerprint density at radius 2 is 1.83 bits per heavy atom. The highest BCUT2D eigenvalue weighted by Gasteiger charge is 2.24. The normalized spacial score (nSPS) is 14.8. The molecule has 0 radical (unpaired) electrons. The van der Waals surface area contributed by atoms with E-state index >= 15 is 0 Å². The van der Waals surface area contributed by atoms with Crippen LogP contribution in [-0.4, -0.2) is 52.8 Å². The van der Waals surface area contributed by atoms with Crippen LogP contribution >= 0.6 is 11.6 Å². The second kappa shape index (κ2) is 6.87. The third kappa shape index (κ3) is 3.74. The van der Waals surface area contributed by atoms with Crippen molar-refractivity contribution in [2.75, 3.05) is 26.2 Å². The molecule has 2 heterocycles. The molecule has 2 amide bonds. The molecule has 1 aromatic heterocycles. The molecular weight excluding hydrogens is 314 g/mol. The summed E-state index contributed by atoms with van der Waals surface area (Å²) in [4.78, 5) is 31.1. The Balaban J connectivity index is 1.54. The molecule has 23 heavy (non-hydrogen) atoms. The van der Waals surface area contributed by atoms with Crippen molar-refractivity contribution in [2.45, 2.75) is 6.42 Å². The van der Waals surface area contributed by atoms with Gasteiger partial charge in [-0.3, -0.25) is 9.59 Å². The minimum atomic E-state index is 0.00758. The second-order valence-electron chi connectivity index (χ2n) is 5.58. The minimum Gasteiger partial charge on any atom is -0.367 e. The molecule has 6 heteroatoms. The van der Waals surface area contributed by atoms with Gasteiger partial charge in [-0.25, -0.2) is 0 Å². The van der Waals surface area contributed by atoms with Crippen molar-refractivity contribution in [1.29, 1.82) is 0 Å². The molecule has 1 N–H and O–H groups in total. The Hall–Kier alpha value is -2.27. The summed E-state index contributed by atoms with van der Waals surface area (Å²) in [6, 6.07) is 9.11. The van der Waals surface area contributed by atoms with Crippen molar-refractivity contribution in [2.24, 2.45) is 0 Å². The first kappa shape index (κ1) is 15.6. The van der Waals surface area contributed by atoms with Crippen LogP contribution in [0.25, 0.3) is 0 Å². The summed E-state index contributed by atoms with van der Waals surface area (Å²) in [5.41, 5.74) is 1.57. The molecule has 120 valence electrons. The minimum absolute atomic E-state index is 0.00758. The van der Waals surface area contributed by atoms with Crippen LogP contribution in [0.15, 0.2) is 42.7 Å².